The van der Waals surface area contributed by atoms with Crippen molar-refractivity contribution >= 4 is 17.8 Å². The molecule has 0 atom stereocenters. The van der Waals surface area contributed by atoms with Crippen LogP contribution in [0.2, 0.25) is 0 Å². The first-order chi connectivity index (χ1) is 10.6. The van der Waals surface area contributed by atoms with Gasteiger partial charge in [0.05, 0.1) is 30.4 Å². The molecule has 0 bridgehead atoms. The number of ether oxygens (including phenoxy) is 1. The van der Waals surface area contributed by atoms with E-state index in [1.54, 1.807) is 19.2 Å². The number of nitrogens with zero attached hydrogens (tertiary/aromatic N) is 2. The van der Waals surface area contributed by atoms with Gasteiger partial charge in [-0.05, 0) is 19.8 Å². The predicted molar refractivity (Wildman–Crippen MR) is 77.7 cm³/mol. The summed E-state index contributed by atoms with van der Waals surface area (Å²) in [5.41, 5.74) is -0.543. The number of aromatic nitrogens is 2. The number of carboxylic acids is 1. The SMILES string of the molecule is CCOC(=O)/C(=C\Nc1ccnn1C1CCCCC1)C(=O)[O-]. The van der Waals surface area contributed by atoms with Crippen molar-refractivity contribution in [3.8, 4) is 0 Å². The molecule has 120 valence electrons. The zero-order chi connectivity index (χ0) is 15.9. The molecular formula is C15H20N3O4-. The fourth-order valence-electron chi connectivity index (χ4n) is 2.60. The number of rotatable bonds is 6. The van der Waals surface area contributed by atoms with Crippen LogP contribution in [0.25, 0.3) is 0 Å². The Morgan fingerprint density at radius 3 is 2.82 bits per heavy atom. The fraction of sp³-hybridized carbons (Fsp3) is 0.533. The largest absolute Gasteiger partial charge is 0.544 e. The van der Waals surface area contributed by atoms with Gasteiger partial charge in [-0.25, -0.2) is 9.48 Å². The van der Waals surface area contributed by atoms with Crippen molar-refractivity contribution in [1.82, 2.24) is 9.78 Å². The average Bonchev–Trinajstić information content (AvgIpc) is 2.97. The number of carboxylic acid groups (broad SMARTS) is 1. The first kappa shape index (κ1) is 16.1. The first-order valence-corrected chi connectivity index (χ1v) is 7.52. The molecule has 1 saturated carbocycles. The Hall–Kier alpha value is -2.31. The van der Waals surface area contributed by atoms with Crippen LogP contribution >= 0.6 is 0 Å². The molecule has 0 unspecified atom stereocenters. The van der Waals surface area contributed by atoms with E-state index in [4.69, 9.17) is 4.74 Å². The van der Waals surface area contributed by atoms with Crippen LogP contribution < -0.4 is 10.4 Å². The van der Waals surface area contributed by atoms with Gasteiger partial charge in [-0.2, -0.15) is 5.10 Å². The minimum Gasteiger partial charge on any atom is -0.544 e. The molecule has 7 heteroatoms. The molecule has 0 amide bonds. The minimum absolute atomic E-state index is 0.101. The number of carbonyl (C=O) groups is 2. The molecule has 1 aromatic heterocycles. The molecule has 7 nitrogen and oxygen atoms in total. The summed E-state index contributed by atoms with van der Waals surface area (Å²) in [4.78, 5) is 22.6. The van der Waals surface area contributed by atoms with E-state index < -0.39 is 17.5 Å². The summed E-state index contributed by atoms with van der Waals surface area (Å²) < 4.78 is 6.53. The van der Waals surface area contributed by atoms with E-state index in [0.29, 0.717) is 11.9 Å². The van der Waals surface area contributed by atoms with Gasteiger partial charge in [-0.15, -0.1) is 0 Å². The van der Waals surface area contributed by atoms with E-state index in [9.17, 15) is 14.7 Å². The summed E-state index contributed by atoms with van der Waals surface area (Å²) in [6.07, 6.45) is 8.39. The van der Waals surface area contributed by atoms with Crippen molar-refractivity contribution in [2.75, 3.05) is 11.9 Å². The third-order valence-electron chi connectivity index (χ3n) is 3.67. The van der Waals surface area contributed by atoms with Gasteiger partial charge in [0, 0.05) is 12.3 Å². The number of hydrogen-bond acceptors (Lipinski definition) is 6. The van der Waals surface area contributed by atoms with Gasteiger partial charge >= 0.3 is 5.97 Å². The number of esters is 1. The van der Waals surface area contributed by atoms with Crippen LogP contribution in [0.15, 0.2) is 24.0 Å². The van der Waals surface area contributed by atoms with Gasteiger partial charge in [0.25, 0.3) is 0 Å². The summed E-state index contributed by atoms with van der Waals surface area (Å²) in [5, 5.41) is 18.1. The van der Waals surface area contributed by atoms with Crippen molar-refractivity contribution < 1.29 is 19.4 Å². The zero-order valence-electron chi connectivity index (χ0n) is 12.6. The lowest BCUT2D eigenvalue weighted by molar-refractivity contribution is -0.299. The molecule has 1 aliphatic rings. The normalized spacial score (nSPS) is 16.3. The van der Waals surface area contributed by atoms with Crippen LogP contribution in [0.3, 0.4) is 0 Å². The van der Waals surface area contributed by atoms with Gasteiger partial charge < -0.3 is 20.0 Å². The zero-order valence-corrected chi connectivity index (χ0v) is 12.6. The molecule has 2 rings (SSSR count). The molecular weight excluding hydrogens is 286 g/mol. The van der Waals surface area contributed by atoms with E-state index in [0.717, 1.165) is 31.9 Å². The molecule has 0 aromatic carbocycles. The Morgan fingerprint density at radius 2 is 2.18 bits per heavy atom. The van der Waals surface area contributed by atoms with Gasteiger partial charge in [0.2, 0.25) is 0 Å². The topological polar surface area (TPSA) is 96.3 Å². The van der Waals surface area contributed by atoms with Crippen molar-refractivity contribution in [3.63, 3.8) is 0 Å². The number of anilines is 1. The molecule has 0 radical (unpaired) electrons. The lowest BCUT2D eigenvalue weighted by Gasteiger charge is -2.23. The second kappa shape index (κ2) is 7.63. The monoisotopic (exact) mass is 306 g/mol. The first-order valence-electron chi connectivity index (χ1n) is 7.52. The maximum Gasteiger partial charge on any atom is 0.341 e. The smallest absolute Gasteiger partial charge is 0.341 e. The highest BCUT2D eigenvalue weighted by Gasteiger charge is 2.18. The highest BCUT2D eigenvalue weighted by molar-refractivity contribution is 6.12. The summed E-state index contributed by atoms with van der Waals surface area (Å²) in [6, 6.07) is 2.04. The van der Waals surface area contributed by atoms with Gasteiger partial charge in [-0.3, -0.25) is 0 Å². The molecule has 1 aliphatic carbocycles. The quantitative estimate of drug-likeness (QED) is 0.364. The molecule has 0 saturated heterocycles. The lowest BCUT2D eigenvalue weighted by atomic mass is 9.96. The van der Waals surface area contributed by atoms with Crippen molar-refractivity contribution in [2.45, 2.75) is 45.1 Å². The molecule has 22 heavy (non-hydrogen) atoms. The summed E-state index contributed by atoms with van der Waals surface area (Å²) in [5.74, 6) is -1.84. The van der Waals surface area contributed by atoms with E-state index in [1.807, 2.05) is 4.68 Å². The lowest BCUT2D eigenvalue weighted by Crippen LogP contribution is -2.30. The summed E-state index contributed by atoms with van der Waals surface area (Å²) >= 11 is 0. The van der Waals surface area contributed by atoms with E-state index in [2.05, 4.69) is 10.4 Å². The van der Waals surface area contributed by atoms with E-state index >= 15 is 0 Å². The van der Waals surface area contributed by atoms with Crippen molar-refractivity contribution in [3.05, 3.63) is 24.0 Å². The van der Waals surface area contributed by atoms with Crippen molar-refractivity contribution in [2.24, 2.45) is 0 Å². The maximum absolute atomic E-state index is 11.6. The standard InChI is InChI=1S/C15H21N3O4/c1-2-22-15(21)12(14(19)20)10-16-13-8-9-17-18(13)11-6-4-3-5-7-11/h8-11,16H,2-7H2,1H3,(H,19,20)/p-1/b12-10-. The van der Waals surface area contributed by atoms with Gasteiger partial charge in [0.15, 0.2) is 0 Å². The average molecular weight is 306 g/mol. The Balaban J connectivity index is 2.12. The fourth-order valence-corrected chi connectivity index (χ4v) is 2.60. The van der Waals surface area contributed by atoms with E-state index in [-0.39, 0.29) is 6.61 Å². The van der Waals surface area contributed by atoms with Crippen molar-refractivity contribution in [1.29, 1.82) is 0 Å². The summed E-state index contributed by atoms with van der Waals surface area (Å²) in [7, 11) is 0. The van der Waals surface area contributed by atoms with Crippen LogP contribution in [0.5, 0.6) is 0 Å². The third kappa shape index (κ3) is 3.87. The number of hydrogen-bond donors (Lipinski definition) is 1. The van der Waals surface area contributed by atoms with Crippen LogP contribution in [0.4, 0.5) is 5.82 Å². The van der Waals surface area contributed by atoms with Gasteiger partial charge in [-0.1, -0.05) is 19.3 Å². The molecule has 0 aliphatic heterocycles. The second-order valence-corrected chi connectivity index (χ2v) is 5.16. The minimum atomic E-state index is -1.57. The molecule has 1 N–H and O–H groups in total. The number of nitrogens with one attached hydrogen (secondary N) is 1. The summed E-state index contributed by atoms with van der Waals surface area (Å²) in [6.45, 7) is 1.71. The Labute approximate surface area is 129 Å². The Morgan fingerprint density at radius 1 is 1.45 bits per heavy atom. The molecule has 1 heterocycles. The highest BCUT2D eigenvalue weighted by Crippen LogP contribution is 2.29. The van der Waals surface area contributed by atoms with Crippen LogP contribution in [0, 0.1) is 0 Å². The Bertz CT molecular complexity index is 559. The molecule has 1 fully saturated rings. The van der Waals surface area contributed by atoms with Crippen LogP contribution in [-0.2, 0) is 14.3 Å². The van der Waals surface area contributed by atoms with Crippen LogP contribution in [-0.4, -0.2) is 28.3 Å². The van der Waals surface area contributed by atoms with E-state index in [1.165, 1.54) is 6.42 Å². The predicted octanol–water partition coefficient (Wildman–Crippen LogP) is 0.997. The second-order valence-electron chi connectivity index (χ2n) is 5.16. The van der Waals surface area contributed by atoms with Gasteiger partial charge in [0.1, 0.15) is 5.82 Å². The number of aliphatic carboxylic acids is 1. The third-order valence-corrected chi connectivity index (χ3v) is 3.67. The number of carbonyl (C=O) groups excluding carboxylic acids is 2. The molecule has 0 spiro atoms. The molecule has 1 aromatic rings. The Kier molecular flexibility index (Phi) is 5.57. The highest BCUT2D eigenvalue weighted by atomic mass is 16.5. The van der Waals surface area contributed by atoms with Crippen LogP contribution in [0.1, 0.15) is 45.1 Å². The maximum atomic E-state index is 11.6.